The highest BCUT2D eigenvalue weighted by Crippen LogP contribution is 2.58. The summed E-state index contributed by atoms with van der Waals surface area (Å²) in [6.07, 6.45) is 7.55. The zero-order valence-corrected chi connectivity index (χ0v) is 52.5. The number of aliphatic hydroxyl groups is 1. The van der Waals surface area contributed by atoms with Gasteiger partial charge < -0.3 is 80.3 Å². The fourth-order valence-electron chi connectivity index (χ4n) is 17.9. The lowest BCUT2D eigenvalue weighted by Crippen LogP contribution is -2.63. The van der Waals surface area contributed by atoms with E-state index >= 15 is 0 Å². The second kappa shape index (κ2) is 23.6. The standard InChI is InChI=1S/C62H93IO18S/c1-30-18-38(68-36(7)34(30)5)12-11-13-42-31(2)19-40(70-42)16-17-60-26-47(66-10)58(80-60)44-22-46(76-60)57-43(72-44)15-14-39(71-57)20-52(65)75-55-35(6)56-48(69-37(55)8)25-59(9)51(74-56)28-62(81-59)27-49-54(79-62)33(4)24-61(78-49)23-32(3)53-45(77-61)21-41(64)50(73-53)29-67-82-63/h30,32-33,35-51,53-58,64H,2,5,11-29H2,1,3-4,6-10H3/t30-,32+,33+,35-,36-,37+,38+,39-,40+,41-,42+,43+,44-,45+,46-,47-,48+,49+,50-,51-,53+,54+,55-,56+,57+,58-,59-,60-,61-,62+/m1/s1. The number of hydrogen-bond acceptors (Lipinski definition) is 19. The van der Waals surface area contributed by atoms with E-state index in [1.54, 1.807) is 7.11 Å². The van der Waals surface area contributed by atoms with Crippen molar-refractivity contribution in [2.45, 2.75) is 321 Å². The molecule has 13 aliphatic heterocycles. The highest BCUT2D eigenvalue weighted by molar-refractivity contribution is 14.2. The first-order valence-corrected chi connectivity index (χ1v) is 34.9. The highest BCUT2D eigenvalue weighted by Gasteiger charge is 2.68. The van der Waals surface area contributed by atoms with Crippen LogP contribution in [0.25, 0.3) is 0 Å². The topological polar surface area (TPSA) is 185 Å². The first-order valence-electron chi connectivity index (χ1n) is 31.6. The molecule has 2 spiro atoms. The van der Waals surface area contributed by atoms with E-state index in [1.807, 2.05) is 6.92 Å². The van der Waals surface area contributed by atoms with E-state index in [4.69, 9.17) is 75.2 Å². The number of methoxy groups -OCH3 is 1. The molecule has 0 aromatic heterocycles. The van der Waals surface area contributed by atoms with Gasteiger partial charge in [0.15, 0.2) is 17.4 Å². The van der Waals surface area contributed by atoms with Gasteiger partial charge in [-0.15, -0.1) is 0 Å². The van der Waals surface area contributed by atoms with Crippen LogP contribution < -0.4 is 0 Å². The second-order valence-corrected chi connectivity index (χ2v) is 29.4. The molecule has 4 bridgehead atoms. The van der Waals surface area contributed by atoms with Gasteiger partial charge in [0.2, 0.25) is 0 Å². The lowest BCUT2D eigenvalue weighted by molar-refractivity contribution is -0.371. The van der Waals surface area contributed by atoms with E-state index in [0.717, 1.165) is 50.5 Å². The third-order valence-corrected chi connectivity index (χ3v) is 22.9. The predicted octanol–water partition coefficient (Wildman–Crippen LogP) is 9.25. The van der Waals surface area contributed by atoms with E-state index in [1.165, 1.54) is 14.8 Å². The Morgan fingerprint density at radius 1 is 0.695 bits per heavy atom. The molecular formula is C62H93IO18S. The van der Waals surface area contributed by atoms with Gasteiger partial charge in [-0.25, -0.2) is 0 Å². The molecule has 0 radical (unpaired) electrons. The quantitative estimate of drug-likeness (QED) is 0.0750. The summed E-state index contributed by atoms with van der Waals surface area (Å²) >= 11 is 2.08. The summed E-state index contributed by atoms with van der Waals surface area (Å²) in [7, 11) is 3.00. The van der Waals surface area contributed by atoms with Gasteiger partial charge in [-0.2, -0.15) is 0 Å². The Kier molecular flexibility index (Phi) is 17.4. The molecule has 13 rings (SSSR count). The van der Waals surface area contributed by atoms with Gasteiger partial charge in [-0.3, -0.25) is 4.79 Å². The summed E-state index contributed by atoms with van der Waals surface area (Å²) < 4.78 is 107. The molecule has 0 aromatic carbocycles. The van der Waals surface area contributed by atoms with Gasteiger partial charge in [-0.05, 0) is 101 Å². The molecule has 13 aliphatic rings. The van der Waals surface area contributed by atoms with Crippen molar-refractivity contribution in [3.63, 3.8) is 0 Å². The molecule has 82 heavy (non-hydrogen) atoms. The van der Waals surface area contributed by atoms with Crippen LogP contribution in [0.15, 0.2) is 24.3 Å². The number of halogens is 1. The average molecular weight is 1290 g/mol. The van der Waals surface area contributed by atoms with Gasteiger partial charge in [0.05, 0.1) is 138 Å². The number of carbonyl (C=O) groups excluding carboxylic acids is 1. The van der Waals surface area contributed by atoms with Crippen LogP contribution in [0.3, 0.4) is 0 Å². The number of hydrogen-bond donors (Lipinski definition) is 1. The Hall–Kier alpha value is -0.610. The molecule has 13 saturated heterocycles. The van der Waals surface area contributed by atoms with Crippen molar-refractivity contribution in [3.8, 4) is 0 Å². The maximum Gasteiger partial charge on any atom is 0.308 e. The van der Waals surface area contributed by atoms with Gasteiger partial charge in [0, 0.05) is 92.0 Å². The maximum atomic E-state index is 14.1. The number of aliphatic hydroxyl groups excluding tert-OH is 1. The molecule has 1 N–H and O–H groups in total. The normalized spacial score (nSPS) is 54.0. The monoisotopic (exact) mass is 1280 g/mol. The molecule has 0 amide bonds. The molecule has 0 aromatic rings. The summed E-state index contributed by atoms with van der Waals surface area (Å²) in [6.45, 7) is 24.0. The van der Waals surface area contributed by atoms with Crippen LogP contribution in [0.5, 0.6) is 0 Å². The number of fused-ring (bicyclic) bond motifs is 11. The van der Waals surface area contributed by atoms with Crippen molar-refractivity contribution < 1.29 is 85.1 Å². The molecule has 18 nitrogen and oxygen atoms in total. The largest absolute Gasteiger partial charge is 0.459 e. The van der Waals surface area contributed by atoms with Gasteiger partial charge in [-0.1, -0.05) is 40.9 Å². The number of rotatable bonds is 14. The Morgan fingerprint density at radius 2 is 1.49 bits per heavy atom. The molecule has 0 unspecified atom stereocenters. The van der Waals surface area contributed by atoms with Crippen LogP contribution in [-0.2, 0) is 80.0 Å². The average Bonchev–Trinajstić information content (AvgIpc) is 2.35. The fourth-order valence-corrected chi connectivity index (χ4v) is 18.5. The van der Waals surface area contributed by atoms with Gasteiger partial charge >= 0.3 is 5.97 Å². The summed E-state index contributed by atoms with van der Waals surface area (Å²) in [5.74, 6) is -2.26. The molecule has 0 saturated carbocycles. The van der Waals surface area contributed by atoms with E-state index in [9.17, 15) is 9.90 Å². The summed E-state index contributed by atoms with van der Waals surface area (Å²) in [4.78, 5) is 14.1. The van der Waals surface area contributed by atoms with Gasteiger partial charge in [0.1, 0.15) is 24.4 Å². The fraction of sp³-hybridized carbons (Fsp3) is 0.919. The van der Waals surface area contributed by atoms with Crippen molar-refractivity contribution in [3.05, 3.63) is 24.3 Å². The zero-order chi connectivity index (χ0) is 57.2. The number of ether oxygens (including phenoxy) is 15. The van der Waals surface area contributed by atoms with E-state index < -0.39 is 41.3 Å². The molecule has 30 atom stereocenters. The molecule has 462 valence electrons. The lowest BCUT2D eigenvalue weighted by Gasteiger charge is -2.54. The number of esters is 1. The minimum atomic E-state index is -0.894. The van der Waals surface area contributed by atoms with Crippen molar-refractivity contribution in [1.29, 1.82) is 0 Å². The third-order valence-electron chi connectivity index (χ3n) is 21.9. The first-order chi connectivity index (χ1) is 39.2. The Labute approximate surface area is 501 Å². The molecule has 0 aliphatic carbocycles. The van der Waals surface area contributed by atoms with Crippen LogP contribution in [-0.4, -0.2) is 182 Å². The Bertz CT molecular complexity index is 2320. The molecule has 13 fully saturated rings. The SMILES string of the molecule is C=C1C[C@H](CC[C@]23C[C@@H](OC)[C@H](O2)[C@H]2C[C@@H](O3)[C@H]3O[C@@H](CC(=O)O[C@@H]4[C@@H](C)[C@@H]5O[C@@H]6C[C@]7(C[C@@H]8O[C@]9(C[C@H](C)[C@@H]%10O[C@H](COSI)[C@H](O)C[C@@H]%10O9)C[C@H](C)[C@@H]8O7)O[C@]6(C)C[C@@H]5O[C@H]4C)CC[C@@H]3O2)O[C@H]1CCC[C@H]1C[C@@H](C)C(=C)[C@@H](C)O1. The molecule has 20 heteroatoms. The van der Waals surface area contributed by atoms with E-state index in [0.29, 0.717) is 76.7 Å². The summed E-state index contributed by atoms with van der Waals surface area (Å²) in [5.41, 5.74) is 1.70. The summed E-state index contributed by atoms with van der Waals surface area (Å²) in [6, 6.07) is 0. The van der Waals surface area contributed by atoms with Crippen molar-refractivity contribution in [1.82, 2.24) is 0 Å². The smallest absolute Gasteiger partial charge is 0.308 e. The van der Waals surface area contributed by atoms with E-state index in [2.05, 4.69) is 75.9 Å². The van der Waals surface area contributed by atoms with Gasteiger partial charge in [0.25, 0.3) is 0 Å². The van der Waals surface area contributed by atoms with Crippen LogP contribution in [0.1, 0.15) is 164 Å². The van der Waals surface area contributed by atoms with Crippen LogP contribution in [0.2, 0.25) is 0 Å². The van der Waals surface area contributed by atoms with E-state index in [-0.39, 0.29) is 146 Å². The first kappa shape index (κ1) is 60.3. The van der Waals surface area contributed by atoms with Crippen molar-refractivity contribution in [2.24, 2.45) is 23.7 Å². The summed E-state index contributed by atoms with van der Waals surface area (Å²) in [5, 5.41) is 11.0. The van der Waals surface area contributed by atoms with Crippen LogP contribution in [0.4, 0.5) is 0 Å². The second-order valence-electron chi connectivity index (χ2n) is 27.9. The zero-order valence-electron chi connectivity index (χ0n) is 49.5. The maximum absolute atomic E-state index is 14.1. The van der Waals surface area contributed by atoms with Crippen LogP contribution >= 0.6 is 30.4 Å². The molecular weight excluding hydrogens is 1190 g/mol. The third kappa shape index (κ3) is 11.6. The van der Waals surface area contributed by atoms with Crippen LogP contribution in [0, 0.1) is 23.7 Å². The van der Waals surface area contributed by atoms with Crippen molar-refractivity contribution in [2.75, 3.05) is 13.7 Å². The predicted molar refractivity (Wildman–Crippen MR) is 306 cm³/mol. The minimum absolute atomic E-state index is 0.0346. The lowest BCUT2D eigenvalue weighted by atomic mass is 9.78. The Balaban J connectivity index is 0.596. The van der Waals surface area contributed by atoms with Crippen molar-refractivity contribution >= 4 is 36.4 Å². The minimum Gasteiger partial charge on any atom is -0.459 e. The Morgan fingerprint density at radius 3 is 2.28 bits per heavy atom. The highest BCUT2D eigenvalue weighted by atomic mass is 127. The number of carbonyl (C=O) groups is 1. The molecule has 13 heterocycles.